The van der Waals surface area contributed by atoms with Crippen LogP contribution < -0.4 is 10.1 Å². The molecule has 0 aliphatic rings. The van der Waals surface area contributed by atoms with Crippen molar-refractivity contribution in [3.05, 3.63) is 63.1 Å². The van der Waals surface area contributed by atoms with Crippen LogP contribution >= 0.6 is 15.9 Å². The summed E-state index contributed by atoms with van der Waals surface area (Å²) in [6.07, 6.45) is 0.834. The van der Waals surface area contributed by atoms with E-state index in [4.69, 9.17) is 4.74 Å². The Morgan fingerprint density at radius 3 is 2.35 bits per heavy atom. The predicted molar refractivity (Wildman–Crippen MR) is 111 cm³/mol. The highest BCUT2D eigenvalue weighted by molar-refractivity contribution is 9.10. The Bertz CT molecular complexity index is 771. The largest absolute Gasteiger partial charge is 0.483 e. The number of hydrogen-bond donors (Lipinski definition) is 1. The van der Waals surface area contributed by atoms with E-state index in [1.165, 1.54) is 16.7 Å². The van der Waals surface area contributed by atoms with Crippen LogP contribution in [0.25, 0.3) is 0 Å². The molecule has 2 aromatic carbocycles. The Hall–Kier alpha value is -1.81. The summed E-state index contributed by atoms with van der Waals surface area (Å²) in [5.74, 6) is 1.02. The third-order valence-electron chi connectivity index (χ3n) is 4.66. The van der Waals surface area contributed by atoms with Gasteiger partial charge in [-0.05, 0) is 76.5 Å². The molecule has 0 aliphatic heterocycles. The number of rotatable bonds is 7. The lowest BCUT2D eigenvalue weighted by Crippen LogP contribution is -2.32. The lowest BCUT2D eigenvalue weighted by Gasteiger charge is -2.19. The van der Waals surface area contributed by atoms with Gasteiger partial charge in [0.2, 0.25) is 0 Å². The van der Waals surface area contributed by atoms with Crippen LogP contribution in [0.1, 0.15) is 61.4 Å². The fraction of sp³-hybridized carbons (Fsp3) is 0.409. The molecule has 0 aromatic heterocycles. The SMILES string of the molecule is CC[C@@H](NC(=O)COc1ccc(C(C)C)cc1Br)c1ccc(C)c(C)c1. The van der Waals surface area contributed by atoms with Crippen molar-refractivity contribution >= 4 is 21.8 Å². The van der Waals surface area contributed by atoms with Gasteiger partial charge in [-0.25, -0.2) is 0 Å². The van der Waals surface area contributed by atoms with Gasteiger partial charge in [0.1, 0.15) is 5.75 Å². The van der Waals surface area contributed by atoms with Crippen LogP contribution in [0.15, 0.2) is 40.9 Å². The van der Waals surface area contributed by atoms with E-state index in [0.29, 0.717) is 11.7 Å². The molecular weight excluding hydrogens is 390 g/mol. The highest BCUT2D eigenvalue weighted by Gasteiger charge is 2.14. The van der Waals surface area contributed by atoms with E-state index >= 15 is 0 Å². The van der Waals surface area contributed by atoms with Crippen LogP contribution in [0.3, 0.4) is 0 Å². The number of ether oxygens (including phenoxy) is 1. The number of halogens is 1. The van der Waals surface area contributed by atoms with Gasteiger partial charge in [0.05, 0.1) is 10.5 Å². The minimum Gasteiger partial charge on any atom is -0.483 e. The van der Waals surface area contributed by atoms with Crippen molar-refractivity contribution in [3.63, 3.8) is 0 Å². The molecule has 0 aliphatic carbocycles. The van der Waals surface area contributed by atoms with Crippen LogP contribution in [0, 0.1) is 13.8 Å². The second kappa shape index (κ2) is 9.22. The molecule has 4 heteroatoms. The van der Waals surface area contributed by atoms with Gasteiger partial charge in [0.25, 0.3) is 5.91 Å². The first-order valence-corrected chi connectivity index (χ1v) is 9.89. The van der Waals surface area contributed by atoms with Crippen LogP contribution in [0.5, 0.6) is 5.75 Å². The van der Waals surface area contributed by atoms with Crippen LogP contribution in [-0.2, 0) is 4.79 Å². The van der Waals surface area contributed by atoms with E-state index in [1.54, 1.807) is 0 Å². The zero-order valence-electron chi connectivity index (χ0n) is 16.2. The first-order valence-electron chi connectivity index (χ1n) is 9.10. The molecule has 0 heterocycles. The summed E-state index contributed by atoms with van der Waals surface area (Å²) in [7, 11) is 0. The smallest absolute Gasteiger partial charge is 0.258 e. The van der Waals surface area contributed by atoms with Crippen molar-refractivity contribution in [1.82, 2.24) is 5.32 Å². The summed E-state index contributed by atoms with van der Waals surface area (Å²) in [6.45, 7) is 10.5. The van der Waals surface area contributed by atoms with Crippen molar-refractivity contribution in [2.75, 3.05) is 6.61 Å². The predicted octanol–water partition coefficient (Wildman–Crippen LogP) is 5.84. The number of benzene rings is 2. The third-order valence-corrected chi connectivity index (χ3v) is 5.28. The summed E-state index contributed by atoms with van der Waals surface area (Å²) in [6, 6.07) is 12.3. The molecule has 0 fully saturated rings. The van der Waals surface area contributed by atoms with Gasteiger partial charge >= 0.3 is 0 Å². The molecule has 0 bridgehead atoms. The summed E-state index contributed by atoms with van der Waals surface area (Å²) in [5, 5.41) is 3.07. The summed E-state index contributed by atoms with van der Waals surface area (Å²) in [5.41, 5.74) is 4.86. The monoisotopic (exact) mass is 417 g/mol. The van der Waals surface area contributed by atoms with Gasteiger partial charge < -0.3 is 10.1 Å². The molecule has 0 spiro atoms. The molecular formula is C22H28BrNO2. The van der Waals surface area contributed by atoms with Crippen LogP contribution in [0.4, 0.5) is 0 Å². The van der Waals surface area contributed by atoms with Crippen molar-refractivity contribution in [2.24, 2.45) is 0 Å². The summed E-state index contributed by atoms with van der Waals surface area (Å²) in [4.78, 5) is 12.3. The van der Waals surface area contributed by atoms with Crippen molar-refractivity contribution in [1.29, 1.82) is 0 Å². The minimum atomic E-state index is -0.116. The number of carbonyl (C=O) groups is 1. The van der Waals surface area contributed by atoms with E-state index in [9.17, 15) is 4.79 Å². The zero-order valence-corrected chi connectivity index (χ0v) is 17.8. The van der Waals surface area contributed by atoms with Crippen molar-refractivity contribution < 1.29 is 9.53 Å². The Balaban J connectivity index is 1.98. The molecule has 2 rings (SSSR count). The van der Waals surface area contributed by atoms with Gasteiger partial charge in [-0.2, -0.15) is 0 Å². The van der Waals surface area contributed by atoms with Crippen LogP contribution in [-0.4, -0.2) is 12.5 Å². The maximum Gasteiger partial charge on any atom is 0.258 e. The molecule has 1 atom stereocenters. The average Bonchev–Trinajstić information content (AvgIpc) is 2.60. The fourth-order valence-electron chi connectivity index (χ4n) is 2.78. The number of nitrogens with one attached hydrogen (secondary N) is 1. The zero-order chi connectivity index (χ0) is 19.3. The Labute approximate surface area is 165 Å². The van der Waals surface area contributed by atoms with E-state index in [-0.39, 0.29) is 18.6 Å². The highest BCUT2D eigenvalue weighted by Crippen LogP contribution is 2.29. The van der Waals surface area contributed by atoms with Crippen LogP contribution in [0.2, 0.25) is 0 Å². The summed E-state index contributed by atoms with van der Waals surface area (Å²) >= 11 is 3.52. The molecule has 0 saturated carbocycles. The molecule has 3 nitrogen and oxygen atoms in total. The molecule has 2 aromatic rings. The molecule has 140 valence electrons. The third kappa shape index (κ3) is 5.34. The normalized spacial score (nSPS) is 12.1. The average molecular weight is 418 g/mol. The van der Waals surface area contributed by atoms with Gasteiger partial charge in [-0.1, -0.05) is 45.0 Å². The van der Waals surface area contributed by atoms with Gasteiger partial charge in [-0.15, -0.1) is 0 Å². The lowest BCUT2D eigenvalue weighted by molar-refractivity contribution is -0.123. The number of aryl methyl sites for hydroxylation is 2. The van der Waals surface area contributed by atoms with E-state index < -0.39 is 0 Å². The maximum atomic E-state index is 12.3. The number of amides is 1. The first kappa shape index (κ1) is 20.5. The Morgan fingerprint density at radius 2 is 1.77 bits per heavy atom. The first-order chi connectivity index (χ1) is 12.3. The second-order valence-electron chi connectivity index (χ2n) is 7.01. The maximum absolute atomic E-state index is 12.3. The number of hydrogen-bond acceptors (Lipinski definition) is 2. The second-order valence-corrected chi connectivity index (χ2v) is 7.86. The van der Waals surface area contributed by atoms with E-state index in [1.807, 2.05) is 18.2 Å². The van der Waals surface area contributed by atoms with Crippen molar-refractivity contribution in [2.45, 2.75) is 53.0 Å². The van der Waals surface area contributed by atoms with E-state index in [0.717, 1.165) is 16.5 Å². The standard InChI is InChI=1S/C22H28BrNO2/c1-6-20(18-8-7-15(4)16(5)11-18)24-22(25)13-26-21-10-9-17(14(2)3)12-19(21)23/h7-12,14,20H,6,13H2,1-5H3,(H,24,25)/t20-/m1/s1. The Morgan fingerprint density at radius 1 is 1.08 bits per heavy atom. The molecule has 26 heavy (non-hydrogen) atoms. The highest BCUT2D eigenvalue weighted by atomic mass is 79.9. The van der Waals surface area contributed by atoms with Gasteiger partial charge in [-0.3, -0.25) is 4.79 Å². The van der Waals surface area contributed by atoms with Crippen molar-refractivity contribution in [3.8, 4) is 5.75 Å². The number of carbonyl (C=O) groups excluding carboxylic acids is 1. The molecule has 0 unspecified atom stereocenters. The van der Waals surface area contributed by atoms with E-state index in [2.05, 4.69) is 74.1 Å². The lowest BCUT2D eigenvalue weighted by atomic mass is 9.99. The molecule has 0 radical (unpaired) electrons. The Kier molecular flexibility index (Phi) is 7.27. The molecule has 1 N–H and O–H groups in total. The molecule has 1 amide bonds. The van der Waals surface area contributed by atoms with Gasteiger partial charge in [0.15, 0.2) is 6.61 Å². The summed E-state index contributed by atoms with van der Waals surface area (Å²) < 4.78 is 6.57. The van der Waals surface area contributed by atoms with Gasteiger partial charge in [0, 0.05) is 0 Å². The topological polar surface area (TPSA) is 38.3 Å². The molecule has 0 saturated heterocycles. The minimum absolute atomic E-state index is 0.000961. The fourth-order valence-corrected chi connectivity index (χ4v) is 3.29. The quantitative estimate of drug-likeness (QED) is 0.614.